The van der Waals surface area contributed by atoms with Gasteiger partial charge in [0.1, 0.15) is 0 Å². The van der Waals surface area contributed by atoms with Gasteiger partial charge in [0.15, 0.2) is 0 Å². The van der Waals surface area contributed by atoms with E-state index in [2.05, 4.69) is 36.0 Å². The summed E-state index contributed by atoms with van der Waals surface area (Å²) in [6, 6.07) is 0. The SMILES string of the molecule is CN1CCC(C2(C(C)(C)N3CCNCC3)COC2)C1. The fourth-order valence-corrected chi connectivity index (χ4v) is 4.34. The Bertz CT molecular complexity index is 321. The smallest absolute Gasteiger partial charge is 0.0565 e. The molecule has 19 heavy (non-hydrogen) atoms. The van der Waals surface area contributed by atoms with E-state index in [4.69, 9.17) is 4.74 Å². The maximum absolute atomic E-state index is 5.70. The van der Waals surface area contributed by atoms with Crippen molar-refractivity contribution in [1.82, 2.24) is 15.1 Å². The second-order valence-electron chi connectivity index (χ2n) is 7.19. The Hall–Kier alpha value is -0.160. The molecule has 3 aliphatic rings. The third kappa shape index (κ3) is 2.13. The van der Waals surface area contributed by atoms with E-state index in [0.29, 0.717) is 5.41 Å². The Labute approximate surface area is 117 Å². The molecular weight excluding hydrogens is 238 g/mol. The largest absolute Gasteiger partial charge is 0.380 e. The van der Waals surface area contributed by atoms with E-state index in [-0.39, 0.29) is 5.54 Å². The van der Waals surface area contributed by atoms with Crippen molar-refractivity contribution >= 4 is 0 Å². The summed E-state index contributed by atoms with van der Waals surface area (Å²) < 4.78 is 5.70. The Balaban J connectivity index is 1.79. The van der Waals surface area contributed by atoms with E-state index in [1.165, 1.54) is 32.6 Å². The number of likely N-dealkylation sites (tertiary alicyclic amines) is 1. The van der Waals surface area contributed by atoms with Crippen molar-refractivity contribution in [3.05, 3.63) is 0 Å². The van der Waals surface area contributed by atoms with Crippen molar-refractivity contribution in [3.8, 4) is 0 Å². The summed E-state index contributed by atoms with van der Waals surface area (Å²) in [4.78, 5) is 5.18. The van der Waals surface area contributed by atoms with Gasteiger partial charge in [0, 0.05) is 43.7 Å². The Morgan fingerprint density at radius 2 is 1.84 bits per heavy atom. The first-order valence-electron chi connectivity index (χ1n) is 7.78. The predicted octanol–water partition coefficient (Wildman–Crippen LogP) is 0.639. The van der Waals surface area contributed by atoms with Crippen LogP contribution in [0.4, 0.5) is 0 Å². The molecule has 0 aliphatic carbocycles. The van der Waals surface area contributed by atoms with E-state index in [1.807, 2.05) is 0 Å². The van der Waals surface area contributed by atoms with Crippen molar-refractivity contribution in [1.29, 1.82) is 0 Å². The summed E-state index contributed by atoms with van der Waals surface area (Å²) in [5.74, 6) is 0.802. The van der Waals surface area contributed by atoms with Gasteiger partial charge in [-0.1, -0.05) is 0 Å². The molecule has 0 saturated carbocycles. The summed E-state index contributed by atoms with van der Waals surface area (Å²) in [6.07, 6.45) is 1.34. The molecule has 1 atom stereocenters. The van der Waals surface area contributed by atoms with Crippen LogP contribution in [-0.2, 0) is 4.74 Å². The number of piperazine rings is 1. The summed E-state index contributed by atoms with van der Waals surface area (Å²) in [6.45, 7) is 14.0. The summed E-state index contributed by atoms with van der Waals surface area (Å²) in [5.41, 5.74) is 0.623. The molecule has 4 nitrogen and oxygen atoms in total. The minimum Gasteiger partial charge on any atom is -0.380 e. The number of ether oxygens (including phenoxy) is 1. The molecule has 0 bridgehead atoms. The van der Waals surface area contributed by atoms with Gasteiger partial charge in [-0.05, 0) is 39.8 Å². The molecule has 3 saturated heterocycles. The Kier molecular flexibility index (Phi) is 3.63. The van der Waals surface area contributed by atoms with E-state index in [1.54, 1.807) is 0 Å². The third-order valence-electron chi connectivity index (χ3n) is 6.02. The molecule has 3 fully saturated rings. The number of hydrogen-bond donors (Lipinski definition) is 1. The van der Waals surface area contributed by atoms with Crippen LogP contribution in [0.3, 0.4) is 0 Å². The second kappa shape index (κ2) is 4.99. The highest BCUT2D eigenvalue weighted by molar-refractivity contribution is 5.09. The number of rotatable bonds is 3. The molecular formula is C15H29N3O. The number of hydrogen-bond acceptors (Lipinski definition) is 4. The van der Waals surface area contributed by atoms with Gasteiger partial charge in [0.25, 0.3) is 0 Å². The molecule has 0 radical (unpaired) electrons. The molecule has 4 heteroatoms. The van der Waals surface area contributed by atoms with Crippen LogP contribution in [0, 0.1) is 11.3 Å². The summed E-state index contributed by atoms with van der Waals surface area (Å²) in [7, 11) is 2.25. The maximum Gasteiger partial charge on any atom is 0.0565 e. The maximum atomic E-state index is 5.70. The van der Waals surface area contributed by atoms with E-state index >= 15 is 0 Å². The first kappa shape index (κ1) is 13.8. The molecule has 110 valence electrons. The third-order valence-corrected chi connectivity index (χ3v) is 6.02. The molecule has 1 unspecified atom stereocenters. The minimum absolute atomic E-state index is 0.253. The molecule has 0 aromatic heterocycles. The van der Waals surface area contributed by atoms with Crippen molar-refractivity contribution < 1.29 is 4.74 Å². The molecule has 3 aliphatic heterocycles. The zero-order chi connectivity index (χ0) is 13.5. The molecule has 3 heterocycles. The zero-order valence-corrected chi connectivity index (χ0v) is 12.7. The number of nitrogens with zero attached hydrogens (tertiary/aromatic N) is 2. The van der Waals surface area contributed by atoms with Crippen LogP contribution >= 0.6 is 0 Å². The van der Waals surface area contributed by atoms with Gasteiger partial charge < -0.3 is 15.0 Å². The van der Waals surface area contributed by atoms with Crippen molar-refractivity contribution in [2.24, 2.45) is 11.3 Å². The molecule has 3 rings (SSSR count). The molecule has 0 aromatic carbocycles. The summed E-state index contributed by atoms with van der Waals surface area (Å²) in [5, 5.41) is 3.47. The average Bonchev–Trinajstić information content (AvgIpc) is 2.75. The fourth-order valence-electron chi connectivity index (χ4n) is 4.34. The van der Waals surface area contributed by atoms with Gasteiger partial charge >= 0.3 is 0 Å². The van der Waals surface area contributed by atoms with E-state index in [9.17, 15) is 0 Å². The van der Waals surface area contributed by atoms with E-state index in [0.717, 1.165) is 32.2 Å². The van der Waals surface area contributed by atoms with Crippen molar-refractivity contribution in [3.63, 3.8) is 0 Å². The van der Waals surface area contributed by atoms with Crippen LogP contribution in [-0.4, -0.2) is 74.9 Å². The van der Waals surface area contributed by atoms with Gasteiger partial charge in [0.05, 0.1) is 13.2 Å². The van der Waals surface area contributed by atoms with Crippen LogP contribution in [0.5, 0.6) is 0 Å². The molecule has 0 spiro atoms. The van der Waals surface area contributed by atoms with Gasteiger partial charge in [-0.2, -0.15) is 0 Å². The van der Waals surface area contributed by atoms with Crippen molar-refractivity contribution in [2.45, 2.75) is 25.8 Å². The quantitative estimate of drug-likeness (QED) is 0.812. The monoisotopic (exact) mass is 267 g/mol. The predicted molar refractivity (Wildman–Crippen MR) is 77.4 cm³/mol. The minimum atomic E-state index is 0.253. The van der Waals surface area contributed by atoms with Gasteiger partial charge in [0.2, 0.25) is 0 Å². The zero-order valence-electron chi connectivity index (χ0n) is 12.7. The first-order valence-corrected chi connectivity index (χ1v) is 7.78. The van der Waals surface area contributed by atoms with Crippen LogP contribution in [0.2, 0.25) is 0 Å². The van der Waals surface area contributed by atoms with Gasteiger partial charge in [-0.3, -0.25) is 4.90 Å². The Morgan fingerprint density at radius 1 is 1.16 bits per heavy atom. The highest BCUT2D eigenvalue weighted by atomic mass is 16.5. The second-order valence-corrected chi connectivity index (χ2v) is 7.19. The topological polar surface area (TPSA) is 27.7 Å². The fraction of sp³-hybridized carbons (Fsp3) is 1.00. The van der Waals surface area contributed by atoms with Crippen LogP contribution < -0.4 is 5.32 Å². The highest BCUT2D eigenvalue weighted by Crippen LogP contribution is 2.50. The average molecular weight is 267 g/mol. The lowest BCUT2D eigenvalue weighted by molar-refractivity contribution is -0.213. The first-order chi connectivity index (χ1) is 9.06. The lowest BCUT2D eigenvalue weighted by Gasteiger charge is -2.60. The van der Waals surface area contributed by atoms with Crippen molar-refractivity contribution in [2.75, 3.05) is 59.5 Å². The normalized spacial score (nSPS) is 33.3. The lowest BCUT2D eigenvalue weighted by Crippen LogP contribution is -2.69. The van der Waals surface area contributed by atoms with E-state index < -0.39 is 0 Å². The Morgan fingerprint density at radius 3 is 2.32 bits per heavy atom. The van der Waals surface area contributed by atoms with Crippen LogP contribution in [0.1, 0.15) is 20.3 Å². The van der Waals surface area contributed by atoms with Crippen LogP contribution in [0.25, 0.3) is 0 Å². The number of nitrogens with one attached hydrogen (secondary N) is 1. The summed E-state index contributed by atoms with van der Waals surface area (Å²) >= 11 is 0. The van der Waals surface area contributed by atoms with Crippen LogP contribution in [0.15, 0.2) is 0 Å². The van der Waals surface area contributed by atoms with Gasteiger partial charge in [-0.25, -0.2) is 0 Å². The molecule has 1 N–H and O–H groups in total. The van der Waals surface area contributed by atoms with Gasteiger partial charge in [-0.15, -0.1) is 0 Å². The molecule has 0 aromatic rings. The molecule has 0 amide bonds. The highest BCUT2D eigenvalue weighted by Gasteiger charge is 2.58. The lowest BCUT2D eigenvalue weighted by atomic mass is 9.60. The standard InChI is InChI=1S/C15H29N3O/c1-14(2,18-8-5-16-6-9-18)15(11-19-12-15)13-4-7-17(3)10-13/h13,16H,4-12H2,1-3H3.